The number of nitrogens with zero attached hydrogens (tertiary/aromatic N) is 1. The van der Waals surface area contributed by atoms with Crippen molar-refractivity contribution in [1.29, 1.82) is 0 Å². The Labute approximate surface area is 186 Å². The van der Waals surface area contributed by atoms with Crippen molar-refractivity contribution in [2.45, 2.75) is 6.92 Å². The first kappa shape index (κ1) is 22.0. The van der Waals surface area contributed by atoms with Gasteiger partial charge in [-0.3, -0.25) is 19.3 Å². The number of carbonyl (C=O) groups excluding carboxylic acids is 3. The number of phenolic OH excluding ortho intramolecular Hbond substituents is 1. The van der Waals surface area contributed by atoms with E-state index in [4.69, 9.17) is 27.9 Å². The number of thioether (sulfide) groups is 1. The lowest BCUT2D eigenvalue weighted by Gasteiger charge is -2.12. The summed E-state index contributed by atoms with van der Waals surface area (Å²) >= 11 is 12.6. The predicted molar refractivity (Wildman–Crippen MR) is 117 cm³/mol. The lowest BCUT2D eigenvalue weighted by molar-refractivity contribution is -0.127. The number of anilines is 1. The summed E-state index contributed by atoms with van der Waals surface area (Å²) in [5.41, 5.74) is 0.923. The second kappa shape index (κ2) is 9.42. The number of carbonyl (C=O) groups is 3. The summed E-state index contributed by atoms with van der Waals surface area (Å²) in [4.78, 5) is 38.1. The molecule has 1 heterocycles. The van der Waals surface area contributed by atoms with Crippen LogP contribution in [0, 0.1) is 0 Å². The van der Waals surface area contributed by atoms with E-state index >= 15 is 0 Å². The highest BCUT2D eigenvalue weighted by molar-refractivity contribution is 8.18. The number of amides is 3. The minimum atomic E-state index is -0.603. The third-order valence-corrected chi connectivity index (χ3v) is 5.36. The molecule has 0 aromatic heterocycles. The standard InChI is InChI=1S/C20H16Cl2N2O5S/c1-2-29-15-7-11(6-14(22)18(15)26)8-16-19(27)24(20(28)30-16)10-17(25)23-13-5-3-4-12(21)9-13/h3-9,26H,2,10H2,1H3,(H,23,25)/b16-8-. The third kappa shape index (κ3) is 5.08. The van der Waals surface area contributed by atoms with Gasteiger partial charge in [-0.1, -0.05) is 29.3 Å². The Balaban J connectivity index is 1.75. The molecule has 1 aliphatic heterocycles. The maximum Gasteiger partial charge on any atom is 0.294 e. The molecule has 30 heavy (non-hydrogen) atoms. The van der Waals surface area contributed by atoms with Gasteiger partial charge < -0.3 is 15.2 Å². The molecule has 2 N–H and O–H groups in total. The van der Waals surface area contributed by atoms with Gasteiger partial charge in [-0.05, 0) is 60.7 Å². The van der Waals surface area contributed by atoms with Gasteiger partial charge in [0.25, 0.3) is 11.1 Å². The van der Waals surface area contributed by atoms with Gasteiger partial charge in [-0.2, -0.15) is 0 Å². The highest BCUT2D eigenvalue weighted by atomic mass is 35.5. The summed E-state index contributed by atoms with van der Waals surface area (Å²) < 4.78 is 5.31. The number of phenols is 1. The minimum Gasteiger partial charge on any atom is -0.503 e. The van der Waals surface area contributed by atoms with E-state index in [1.807, 2.05) is 0 Å². The summed E-state index contributed by atoms with van der Waals surface area (Å²) in [6.07, 6.45) is 1.45. The van der Waals surface area contributed by atoms with E-state index < -0.39 is 23.6 Å². The van der Waals surface area contributed by atoms with Crippen LogP contribution in [0.25, 0.3) is 6.08 Å². The Hall–Kier alpha value is -2.68. The van der Waals surface area contributed by atoms with E-state index in [1.54, 1.807) is 31.2 Å². The van der Waals surface area contributed by atoms with Crippen LogP contribution in [-0.2, 0) is 9.59 Å². The maximum absolute atomic E-state index is 12.6. The average molecular weight is 467 g/mol. The highest BCUT2D eigenvalue weighted by Gasteiger charge is 2.36. The third-order valence-electron chi connectivity index (χ3n) is 3.93. The second-order valence-corrected chi connectivity index (χ2v) is 7.95. The number of nitrogens with one attached hydrogen (secondary N) is 1. The molecule has 1 saturated heterocycles. The molecule has 0 aliphatic carbocycles. The molecule has 0 bridgehead atoms. The topological polar surface area (TPSA) is 95.9 Å². The molecular formula is C20H16Cl2N2O5S. The maximum atomic E-state index is 12.6. The zero-order chi connectivity index (χ0) is 21.8. The number of halogens is 2. The van der Waals surface area contributed by atoms with E-state index in [2.05, 4.69) is 5.32 Å². The monoisotopic (exact) mass is 466 g/mol. The van der Waals surface area contributed by atoms with Crippen molar-refractivity contribution in [3.63, 3.8) is 0 Å². The van der Waals surface area contributed by atoms with Gasteiger partial charge in [0.2, 0.25) is 5.91 Å². The normalized spacial score (nSPS) is 15.0. The van der Waals surface area contributed by atoms with E-state index in [-0.39, 0.29) is 21.4 Å². The first-order chi connectivity index (χ1) is 14.3. The number of benzene rings is 2. The van der Waals surface area contributed by atoms with Crippen LogP contribution >= 0.6 is 35.0 Å². The van der Waals surface area contributed by atoms with Gasteiger partial charge in [0.15, 0.2) is 11.5 Å². The average Bonchev–Trinajstić information content (AvgIpc) is 2.93. The second-order valence-electron chi connectivity index (χ2n) is 6.11. The lowest BCUT2D eigenvalue weighted by Crippen LogP contribution is -2.36. The summed E-state index contributed by atoms with van der Waals surface area (Å²) in [5.74, 6) is -1.18. The minimum absolute atomic E-state index is 0.0485. The Kier molecular flexibility index (Phi) is 6.91. The Morgan fingerprint density at radius 2 is 2.03 bits per heavy atom. The first-order valence-corrected chi connectivity index (χ1v) is 10.3. The fraction of sp³-hybridized carbons (Fsp3) is 0.150. The zero-order valence-corrected chi connectivity index (χ0v) is 18.0. The van der Waals surface area contributed by atoms with Crippen LogP contribution in [0.15, 0.2) is 41.3 Å². The molecule has 1 aliphatic rings. The molecule has 0 spiro atoms. The van der Waals surface area contributed by atoms with Crippen LogP contribution in [0.1, 0.15) is 12.5 Å². The number of imide groups is 1. The van der Waals surface area contributed by atoms with Gasteiger partial charge in [0, 0.05) is 10.7 Å². The van der Waals surface area contributed by atoms with E-state index in [9.17, 15) is 19.5 Å². The summed E-state index contributed by atoms with van der Waals surface area (Å²) in [5, 5.41) is 12.4. The van der Waals surface area contributed by atoms with Crippen LogP contribution in [0.4, 0.5) is 10.5 Å². The van der Waals surface area contributed by atoms with Crippen molar-refractivity contribution in [3.8, 4) is 11.5 Å². The molecule has 1 fully saturated rings. The SMILES string of the molecule is CCOc1cc(/C=C2\SC(=O)N(CC(=O)Nc3cccc(Cl)c3)C2=O)cc(Cl)c1O. The van der Waals surface area contributed by atoms with E-state index in [0.717, 1.165) is 4.90 Å². The molecule has 7 nitrogen and oxygen atoms in total. The number of hydrogen-bond acceptors (Lipinski definition) is 6. The molecule has 0 saturated carbocycles. The fourth-order valence-corrected chi connectivity index (χ4v) is 3.89. The molecule has 0 unspecified atom stereocenters. The Morgan fingerprint density at radius 1 is 1.27 bits per heavy atom. The van der Waals surface area contributed by atoms with Crippen molar-refractivity contribution in [1.82, 2.24) is 4.90 Å². The van der Waals surface area contributed by atoms with Crippen molar-refractivity contribution >= 4 is 63.8 Å². The number of ether oxygens (including phenoxy) is 1. The number of aromatic hydroxyl groups is 1. The van der Waals surface area contributed by atoms with E-state index in [1.165, 1.54) is 18.2 Å². The molecular weight excluding hydrogens is 451 g/mol. The van der Waals surface area contributed by atoms with Crippen molar-refractivity contribution in [2.24, 2.45) is 0 Å². The Bertz CT molecular complexity index is 1060. The van der Waals surface area contributed by atoms with Crippen molar-refractivity contribution in [3.05, 3.63) is 56.9 Å². The quantitative estimate of drug-likeness (QED) is 0.595. The van der Waals surface area contributed by atoms with Gasteiger partial charge in [0.05, 0.1) is 16.5 Å². The molecule has 2 aromatic carbocycles. The van der Waals surface area contributed by atoms with Crippen LogP contribution in [-0.4, -0.2) is 40.2 Å². The van der Waals surface area contributed by atoms with Gasteiger partial charge in [-0.15, -0.1) is 0 Å². The Morgan fingerprint density at radius 3 is 2.73 bits per heavy atom. The van der Waals surface area contributed by atoms with E-state index in [0.29, 0.717) is 34.6 Å². The number of hydrogen-bond donors (Lipinski definition) is 2. The molecule has 3 rings (SSSR count). The largest absolute Gasteiger partial charge is 0.503 e. The smallest absolute Gasteiger partial charge is 0.294 e. The van der Waals surface area contributed by atoms with Crippen LogP contribution in [0.3, 0.4) is 0 Å². The lowest BCUT2D eigenvalue weighted by atomic mass is 10.2. The fourth-order valence-electron chi connectivity index (χ4n) is 2.64. The summed E-state index contributed by atoms with van der Waals surface area (Å²) in [6.45, 7) is 1.63. The molecule has 0 radical (unpaired) electrons. The van der Waals surface area contributed by atoms with Gasteiger partial charge >= 0.3 is 0 Å². The first-order valence-electron chi connectivity index (χ1n) is 8.74. The van der Waals surface area contributed by atoms with Crippen molar-refractivity contribution < 1.29 is 24.2 Å². The highest BCUT2D eigenvalue weighted by Crippen LogP contribution is 2.38. The molecule has 0 atom stereocenters. The molecule has 10 heteroatoms. The van der Waals surface area contributed by atoms with Crippen LogP contribution in [0.5, 0.6) is 11.5 Å². The van der Waals surface area contributed by atoms with Crippen LogP contribution < -0.4 is 10.1 Å². The molecule has 3 amide bonds. The summed E-state index contributed by atoms with van der Waals surface area (Å²) in [7, 11) is 0. The summed E-state index contributed by atoms with van der Waals surface area (Å²) in [6, 6.07) is 9.47. The molecule has 156 valence electrons. The van der Waals surface area contributed by atoms with Gasteiger partial charge in [0.1, 0.15) is 6.54 Å². The molecule has 2 aromatic rings. The van der Waals surface area contributed by atoms with Crippen LogP contribution in [0.2, 0.25) is 10.0 Å². The predicted octanol–water partition coefficient (Wildman–Crippen LogP) is 4.77. The van der Waals surface area contributed by atoms with Gasteiger partial charge in [-0.25, -0.2) is 0 Å². The number of rotatable bonds is 6. The van der Waals surface area contributed by atoms with Crippen molar-refractivity contribution in [2.75, 3.05) is 18.5 Å². The zero-order valence-electron chi connectivity index (χ0n) is 15.6.